The number of primary sulfonamides is 1. The van der Waals surface area contributed by atoms with Crippen LogP contribution in [0.4, 0.5) is 0 Å². The molecule has 108 valence electrons. The monoisotopic (exact) mass is 354 g/mol. The van der Waals surface area contributed by atoms with Gasteiger partial charge in [-0.15, -0.1) is 0 Å². The Morgan fingerprint density at radius 1 is 1.63 bits per heavy atom. The van der Waals surface area contributed by atoms with E-state index in [-0.39, 0.29) is 21.2 Å². The number of methoxy groups -OCH3 is 1. The highest BCUT2D eigenvalue weighted by Gasteiger charge is 2.22. The number of rotatable bonds is 6. The summed E-state index contributed by atoms with van der Waals surface area (Å²) in [4.78, 5) is 11.5. The molecule has 0 aliphatic heterocycles. The summed E-state index contributed by atoms with van der Waals surface area (Å²) in [5, 5.41) is 7.57. The molecule has 1 aromatic rings. The molecule has 0 aliphatic carbocycles. The lowest BCUT2D eigenvalue weighted by molar-refractivity contribution is 0.0905. The maximum Gasteiger partial charge on any atom is 0.287 e. The average Bonchev–Trinajstić information content (AvgIpc) is 2.68. The normalized spacial score (nSPS) is 13.3. The van der Waals surface area contributed by atoms with Crippen molar-refractivity contribution in [3.63, 3.8) is 0 Å². The Hall–Kier alpha value is -0.900. The number of halogens is 1. The van der Waals surface area contributed by atoms with Gasteiger partial charge in [-0.2, -0.15) is 0 Å². The van der Waals surface area contributed by atoms with Gasteiger partial charge in [0.25, 0.3) is 5.91 Å². The highest BCUT2D eigenvalue weighted by Crippen LogP contribution is 2.24. The second kappa shape index (κ2) is 6.51. The number of hydrogen-bond donors (Lipinski definition) is 2. The number of amides is 1. The molecule has 0 saturated carbocycles. The molecule has 1 aromatic heterocycles. The van der Waals surface area contributed by atoms with Crippen molar-refractivity contribution in [3.8, 4) is 0 Å². The molecule has 1 atom stereocenters. The van der Waals surface area contributed by atoms with Crippen molar-refractivity contribution < 1.29 is 22.4 Å². The number of nitrogens with two attached hydrogens (primary N) is 1. The largest absolute Gasteiger partial charge is 0.443 e. The zero-order valence-electron chi connectivity index (χ0n) is 10.5. The summed E-state index contributed by atoms with van der Waals surface area (Å²) < 4.78 is 32.2. The Morgan fingerprint density at radius 2 is 2.26 bits per heavy atom. The molecule has 1 heterocycles. The van der Waals surface area contributed by atoms with Crippen LogP contribution in [0.1, 0.15) is 17.5 Å². The van der Waals surface area contributed by atoms with Crippen molar-refractivity contribution in [1.29, 1.82) is 0 Å². The van der Waals surface area contributed by atoms with E-state index in [0.717, 1.165) is 6.07 Å². The van der Waals surface area contributed by atoms with Crippen LogP contribution in [-0.2, 0) is 14.8 Å². The summed E-state index contributed by atoms with van der Waals surface area (Å²) in [7, 11) is -2.36. The number of nitrogens with one attached hydrogen (secondary N) is 1. The predicted octanol–water partition coefficient (Wildman–Crippen LogP) is 0.702. The Kier molecular flexibility index (Phi) is 5.53. The summed E-state index contributed by atoms with van der Waals surface area (Å²) in [6.45, 7) is 2.79. The van der Waals surface area contributed by atoms with E-state index in [1.54, 1.807) is 7.11 Å². The van der Waals surface area contributed by atoms with Crippen LogP contribution in [0, 0.1) is 5.92 Å². The molecule has 1 rings (SSSR count). The van der Waals surface area contributed by atoms with Crippen LogP contribution in [0.15, 0.2) is 20.0 Å². The van der Waals surface area contributed by atoms with Gasteiger partial charge in [-0.3, -0.25) is 4.79 Å². The summed E-state index contributed by atoms with van der Waals surface area (Å²) in [6.07, 6.45) is 0. The van der Waals surface area contributed by atoms with Gasteiger partial charge in [-0.1, -0.05) is 6.92 Å². The van der Waals surface area contributed by atoms with E-state index in [1.807, 2.05) is 6.92 Å². The first kappa shape index (κ1) is 16.2. The van der Waals surface area contributed by atoms with Gasteiger partial charge in [0.1, 0.15) is 4.90 Å². The lowest BCUT2D eigenvalue weighted by atomic mass is 10.2. The number of carbonyl (C=O) groups is 1. The fourth-order valence-electron chi connectivity index (χ4n) is 1.36. The average molecular weight is 355 g/mol. The second-order valence-corrected chi connectivity index (χ2v) is 6.31. The predicted molar refractivity (Wildman–Crippen MR) is 71.2 cm³/mol. The first-order chi connectivity index (χ1) is 8.75. The lowest BCUT2D eigenvalue weighted by Crippen LogP contribution is -2.29. The molecule has 0 aliphatic rings. The van der Waals surface area contributed by atoms with Crippen LogP contribution < -0.4 is 10.5 Å². The van der Waals surface area contributed by atoms with Crippen LogP contribution in [0.5, 0.6) is 0 Å². The highest BCUT2D eigenvalue weighted by atomic mass is 79.9. The molecule has 0 saturated heterocycles. The van der Waals surface area contributed by atoms with Crippen molar-refractivity contribution >= 4 is 31.9 Å². The molecule has 0 radical (unpaired) electrons. The Morgan fingerprint density at radius 3 is 2.74 bits per heavy atom. The Balaban J connectivity index is 2.74. The summed E-state index contributed by atoms with van der Waals surface area (Å²) in [5.41, 5.74) is 0. The molecule has 7 nitrogen and oxygen atoms in total. The zero-order valence-corrected chi connectivity index (χ0v) is 12.9. The maximum atomic E-state index is 11.7. The van der Waals surface area contributed by atoms with Crippen LogP contribution in [0.2, 0.25) is 0 Å². The standard InChI is InChI=1S/C10H15BrN2O5S/c1-6(5-17-2)4-13-10(14)7-3-8(9(11)18-7)19(12,15)16/h3,6H,4-5H2,1-2H3,(H,13,14)(H2,12,15,16). The fraction of sp³-hybridized carbons (Fsp3) is 0.500. The van der Waals surface area contributed by atoms with E-state index in [9.17, 15) is 13.2 Å². The third-order valence-electron chi connectivity index (χ3n) is 2.25. The molecular formula is C10H15BrN2O5S. The fourth-order valence-corrected chi connectivity index (χ4v) is 2.86. The zero-order chi connectivity index (χ0) is 14.6. The smallest absolute Gasteiger partial charge is 0.287 e. The molecule has 0 spiro atoms. The molecule has 1 unspecified atom stereocenters. The van der Waals surface area contributed by atoms with E-state index in [4.69, 9.17) is 14.3 Å². The van der Waals surface area contributed by atoms with E-state index in [2.05, 4.69) is 21.2 Å². The van der Waals surface area contributed by atoms with Gasteiger partial charge in [0.15, 0.2) is 10.4 Å². The molecular weight excluding hydrogens is 340 g/mol. The van der Waals surface area contributed by atoms with Crippen LogP contribution in [-0.4, -0.2) is 34.6 Å². The summed E-state index contributed by atoms with van der Waals surface area (Å²) in [6, 6.07) is 1.08. The number of sulfonamides is 1. The minimum atomic E-state index is -3.93. The molecule has 0 aromatic carbocycles. The van der Waals surface area contributed by atoms with Crippen molar-refractivity contribution in [3.05, 3.63) is 16.5 Å². The van der Waals surface area contributed by atoms with E-state index in [0.29, 0.717) is 13.2 Å². The van der Waals surface area contributed by atoms with Gasteiger partial charge in [-0.25, -0.2) is 13.6 Å². The Labute approximate surface area is 119 Å². The molecule has 1 amide bonds. The van der Waals surface area contributed by atoms with Gasteiger partial charge in [0.2, 0.25) is 10.0 Å². The number of carbonyl (C=O) groups excluding carboxylic acids is 1. The molecule has 9 heteroatoms. The number of ether oxygens (including phenoxy) is 1. The third-order valence-corrected chi connectivity index (χ3v) is 4.02. The number of furan rings is 1. The molecule has 3 N–H and O–H groups in total. The Bertz CT molecular complexity index is 554. The third kappa shape index (κ3) is 4.60. The minimum Gasteiger partial charge on any atom is -0.443 e. The molecule has 0 bridgehead atoms. The van der Waals surface area contributed by atoms with Crippen LogP contribution in [0.25, 0.3) is 0 Å². The molecule has 19 heavy (non-hydrogen) atoms. The van der Waals surface area contributed by atoms with E-state index in [1.165, 1.54) is 0 Å². The van der Waals surface area contributed by atoms with Gasteiger partial charge in [0.05, 0.1) is 6.61 Å². The lowest BCUT2D eigenvalue weighted by Gasteiger charge is -2.10. The summed E-state index contributed by atoms with van der Waals surface area (Å²) >= 11 is 2.90. The van der Waals surface area contributed by atoms with Crippen molar-refractivity contribution in [2.45, 2.75) is 11.8 Å². The topological polar surface area (TPSA) is 112 Å². The van der Waals surface area contributed by atoms with Crippen molar-refractivity contribution in [2.75, 3.05) is 20.3 Å². The first-order valence-electron chi connectivity index (χ1n) is 5.35. The van der Waals surface area contributed by atoms with Gasteiger partial charge < -0.3 is 14.5 Å². The minimum absolute atomic E-state index is 0.0925. The van der Waals surface area contributed by atoms with Gasteiger partial charge >= 0.3 is 0 Å². The highest BCUT2D eigenvalue weighted by molar-refractivity contribution is 9.10. The second-order valence-electron chi connectivity index (χ2n) is 4.06. The SMILES string of the molecule is COCC(C)CNC(=O)c1cc(S(N)(=O)=O)c(Br)o1. The van der Waals surface area contributed by atoms with Crippen LogP contribution in [0.3, 0.4) is 0 Å². The van der Waals surface area contributed by atoms with E-state index < -0.39 is 15.9 Å². The summed E-state index contributed by atoms with van der Waals surface area (Å²) in [5.74, 6) is -0.510. The first-order valence-corrected chi connectivity index (χ1v) is 7.69. The van der Waals surface area contributed by atoms with Gasteiger partial charge in [-0.05, 0) is 21.8 Å². The van der Waals surface area contributed by atoms with Crippen LogP contribution >= 0.6 is 15.9 Å². The van der Waals surface area contributed by atoms with E-state index >= 15 is 0 Å². The van der Waals surface area contributed by atoms with Gasteiger partial charge in [0, 0.05) is 19.7 Å². The quantitative estimate of drug-likeness (QED) is 0.780. The maximum absolute atomic E-state index is 11.7. The van der Waals surface area contributed by atoms with Crippen molar-refractivity contribution in [2.24, 2.45) is 11.1 Å². The molecule has 0 fully saturated rings. The number of hydrogen-bond acceptors (Lipinski definition) is 5. The van der Waals surface area contributed by atoms with Crippen molar-refractivity contribution in [1.82, 2.24) is 5.32 Å².